The van der Waals surface area contributed by atoms with Crippen LogP contribution in [0.25, 0.3) is 0 Å². The summed E-state index contributed by atoms with van der Waals surface area (Å²) in [4.78, 5) is 4.33. The smallest absolute Gasteiger partial charge is 0.243 e. The van der Waals surface area contributed by atoms with Gasteiger partial charge in [-0.15, -0.1) is 11.3 Å². The van der Waals surface area contributed by atoms with Crippen molar-refractivity contribution in [1.29, 1.82) is 0 Å². The second-order valence-corrected chi connectivity index (χ2v) is 9.15. The molecule has 0 amide bonds. The Morgan fingerprint density at radius 3 is 2.38 bits per heavy atom. The van der Waals surface area contributed by atoms with Crippen molar-refractivity contribution in [3.63, 3.8) is 0 Å². The van der Waals surface area contributed by atoms with Crippen LogP contribution in [0.2, 0.25) is 0 Å². The van der Waals surface area contributed by atoms with Crippen LogP contribution in [-0.2, 0) is 16.6 Å². The Bertz CT molecular complexity index is 551. The highest BCUT2D eigenvalue weighted by molar-refractivity contribution is 7.89. The molecular formula is C14H27N3O2S2. The molecule has 21 heavy (non-hydrogen) atoms. The lowest BCUT2D eigenvalue weighted by atomic mass is 10.3. The van der Waals surface area contributed by atoms with E-state index in [-0.39, 0.29) is 0 Å². The highest BCUT2D eigenvalue weighted by Gasteiger charge is 2.24. The van der Waals surface area contributed by atoms with Gasteiger partial charge in [-0.05, 0) is 27.1 Å². The van der Waals surface area contributed by atoms with Crippen LogP contribution in [0.1, 0.15) is 23.6 Å². The molecule has 0 bridgehead atoms. The van der Waals surface area contributed by atoms with Crippen molar-refractivity contribution in [1.82, 2.24) is 14.5 Å². The van der Waals surface area contributed by atoms with Gasteiger partial charge in [0.15, 0.2) is 0 Å². The SMILES string of the molecule is Cc1sc(CNC(C)C)cc1S(=O)(=O)N(C)CCN(C)C. The fourth-order valence-corrected chi connectivity index (χ4v) is 4.51. The summed E-state index contributed by atoms with van der Waals surface area (Å²) in [6.45, 7) is 7.93. The lowest BCUT2D eigenvalue weighted by molar-refractivity contribution is 0.358. The van der Waals surface area contributed by atoms with Crippen molar-refractivity contribution < 1.29 is 8.42 Å². The molecule has 0 aliphatic rings. The molecule has 122 valence electrons. The minimum absolute atomic E-state index is 0.384. The van der Waals surface area contributed by atoms with Gasteiger partial charge in [-0.3, -0.25) is 0 Å². The first-order chi connectivity index (χ1) is 9.64. The molecule has 1 heterocycles. The predicted octanol–water partition coefficient (Wildman–Crippen LogP) is 1.74. The minimum atomic E-state index is -3.39. The number of aryl methyl sites for hydroxylation is 1. The van der Waals surface area contributed by atoms with Gasteiger partial charge in [0.05, 0.1) is 4.90 Å². The number of hydrogen-bond donors (Lipinski definition) is 1. The van der Waals surface area contributed by atoms with E-state index in [0.29, 0.717) is 30.6 Å². The van der Waals surface area contributed by atoms with E-state index in [2.05, 4.69) is 19.2 Å². The van der Waals surface area contributed by atoms with Gasteiger partial charge < -0.3 is 10.2 Å². The third kappa shape index (κ3) is 5.34. The Morgan fingerprint density at radius 1 is 1.24 bits per heavy atom. The molecule has 0 aliphatic carbocycles. The Morgan fingerprint density at radius 2 is 1.86 bits per heavy atom. The molecule has 1 N–H and O–H groups in total. The molecule has 0 aliphatic heterocycles. The van der Waals surface area contributed by atoms with Crippen molar-refractivity contribution in [3.05, 3.63) is 15.8 Å². The average Bonchev–Trinajstić information content (AvgIpc) is 2.75. The molecule has 0 aromatic carbocycles. The highest BCUT2D eigenvalue weighted by Crippen LogP contribution is 2.27. The van der Waals surface area contributed by atoms with Crippen LogP contribution >= 0.6 is 11.3 Å². The summed E-state index contributed by atoms with van der Waals surface area (Å²) in [5, 5.41) is 3.32. The van der Waals surface area contributed by atoms with Gasteiger partial charge in [0.2, 0.25) is 10.0 Å². The third-order valence-electron chi connectivity index (χ3n) is 3.16. The first-order valence-corrected chi connectivity index (χ1v) is 9.34. The minimum Gasteiger partial charge on any atom is -0.310 e. The molecule has 7 heteroatoms. The van der Waals surface area contributed by atoms with Crippen molar-refractivity contribution in [2.45, 2.75) is 38.3 Å². The van der Waals surface area contributed by atoms with E-state index in [9.17, 15) is 8.42 Å². The van der Waals surface area contributed by atoms with Gasteiger partial charge >= 0.3 is 0 Å². The zero-order chi connectivity index (χ0) is 16.2. The summed E-state index contributed by atoms with van der Waals surface area (Å²) < 4.78 is 26.7. The normalized spacial score (nSPS) is 12.8. The highest BCUT2D eigenvalue weighted by atomic mass is 32.2. The summed E-state index contributed by atoms with van der Waals surface area (Å²) in [7, 11) is 2.12. The van der Waals surface area contributed by atoms with Crippen LogP contribution in [0.4, 0.5) is 0 Å². The van der Waals surface area contributed by atoms with Gasteiger partial charge in [0.1, 0.15) is 0 Å². The van der Waals surface area contributed by atoms with Crippen molar-refractivity contribution in [2.24, 2.45) is 0 Å². The Balaban J connectivity index is 2.87. The summed E-state index contributed by atoms with van der Waals surface area (Å²) in [6, 6.07) is 2.19. The Hall–Kier alpha value is -0.470. The Kier molecular flexibility index (Phi) is 6.80. The van der Waals surface area contributed by atoms with Crippen LogP contribution in [0.15, 0.2) is 11.0 Å². The van der Waals surface area contributed by atoms with Gasteiger partial charge in [-0.25, -0.2) is 8.42 Å². The van der Waals surface area contributed by atoms with Crippen LogP contribution < -0.4 is 5.32 Å². The largest absolute Gasteiger partial charge is 0.310 e. The summed E-state index contributed by atoms with van der Waals surface area (Å²) in [5.41, 5.74) is 0. The van der Waals surface area contributed by atoms with Crippen LogP contribution in [-0.4, -0.2) is 57.9 Å². The lowest BCUT2D eigenvalue weighted by Crippen LogP contribution is -2.33. The molecule has 1 aromatic rings. The molecule has 1 aromatic heterocycles. The van der Waals surface area contributed by atoms with Crippen LogP contribution in [0, 0.1) is 6.92 Å². The number of hydrogen-bond acceptors (Lipinski definition) is 5. The van der Waals surface area contributed by atoms with Crippen LogP contribution in [0.3, 0.4) is 0 Å². The van der Waals surface area contributed by atoms with E-state index in [1.54, 1.807) is 24.5 Å². The van der Waals surface area contributed by atoms with Crippen molar-refractivity contribution in [2.75, 3.05) is 34.2 Å². The molecule has 0 saturated carbocycles. The molecule has 0 unspecified atom stereocenters. The lowest BCUT2D eigenvalue weighted by Gasteiger charge is -2.19. The number of likely N-dealkylation sites (N-methyl/N-ethyl adjacent to an activating group) is 2. The van der Waals surface area contributed by atoms with Crippen LogP contribution in [0.5, 0.6) is 0 Å². The first kappa shape index (κ1) is 18.6. The summed E-state index contributed by atoms with van der Waals surface area (Å²) in [5.74, 6) is 0. The fraction of sp³-hybridized carbons (Fsp3) is 0.714. The molecule has 0 fully saturated rings. The van der Waals surface area contributed by atoms with E-state index in [0.717, 1.165) is 9.75 Å². The standard InChI is InChI=1S/C14H27N3O2S2/c1-11(2)15-10-13-9-14(12(3)20-13)21(18,19)17(6)8-7-16(4)5/h9,11,15H,7-8,10H2,1-6H3. The van der Waals surface area contributed by atoms with E-state index in [4.69, 9.17) is 0 Å². The topological polar surface area (TPSA) is 52.7 Å². The first-order valence-electron chi connectivity index (χ1n) is 7.08. The number of rotatable bonds is 8. The number of thiophene rings is 1. The summed E-state index contributed by atoms with van der Waals surface area (Å²) >= 11 is 1.55. The van der Waals surface area contributed by atoms with E-state index < -0.39 is 10.0 Å². The zero-order valence-electron chi connectivity index (χ0n) is 13.8. The Labute approximate surface area is 133 Å². The number of nitrogens with one attached hydrogen (secondary N) is 1. The quantitative estimate of drug-likeness (QED) is 0.787. The monoisotopic (exact) mass is 333 g/mol. The second-order valence-electron chi connectivity index (χ2n) is 5.80. The molecule has 0 spiro atoms. The number of sulfonamides is 1. The van der Waals surface area contributed by atoms with Crippen molar-refractivity contribution in [3.8, 4) is 0 Å². The van der Waals surface area contributed by atoms with E-state index in [1.807, 2.05) is 25.9 Å². The molecule has 0 saturated heterocycles. The van der Waals surface area contributed by atoms with Gasteiger partial charge in [-0.2, -0.15) is 4.31 Å². The maximum atomic E-state index is 12.6. The summed E-state index contributed by atoms with van der Waals surface area (Å²) in [6.07, 6.45) is 0. The van der Waals surface area contributed by atoms with E-state index in [1.165, 1.54) is 4.31 Å². The van der Waals surface area contributed by atoms with Crippen molar-refractivity contribution >= 4 is 21.4 Å². The maximum absolute atomic E-state index is 12.6. The van der Waals surface area contributed by atoms with Gasteiger partial charge in [-0.1, -0.05) is 13.8 Å². The van der Waals surface area contributed by atoms with Gasteiger partial charge in [0.25, 0.3) is 0 Å². The zero-order valence-corrected chi connectivity index (χ0v) is 15.4. The molecule has 5 nitrogen and oxygen atoms in total. The molecule has 0 radical (unpaired) electrons. The fourth-order valence-electron chi connectivity index (χ4n) is 1.80. The average molecular weight is 334 g/mol. The predicted molar refractivity (Wildman–Crippen MR) is 89.4 cm³/mol. The number of nitrogens with zero attached hydrogens (tertiary/aromatic N) is 2. The third-order valence-corrected chi connectivity index (χ3v) is 6.32. The van der Waals surface area contributed by atoms with E-state index >= 15 is 0 Å². The molecular weight excluding hydrogens is 306 g/mol. The molecule has 0 atom stereocenters. The van der Waals surface area contributed by atoms with Gasteiger partial charge in [0, 0.05) is 42.5 Å². The maximum Gasteiger partial charge on any atom is 0.243 e. The second kappa shape index (κ2) is 7.69. The molecule has 1 rings (SSSR count).